The molecular formula is C18H23N3O2. The molecule has 0 saturated heterocycles. The molecule has 5 heteroatoms. The van der Waals surface area contributed by atoms with E-state index in [0.29, 0.717) is 6.54 Å². The Hall–Kier alpha value is -2.53. The van der Waals surface area contributed by atoms with Gasteiger partial charge in [-0.2, -0.15) is 0 Å². The molecule has 5 nitrogen and oxygen atoms in total. The molecule has 2 aromatic rings. The maximum Gasteiger partial charge on any atom is 0.319 e. The summed E-state index contributed by atoms with van der Waals surface area (Å²) in [4.78, 5) is 14.1. The highest BCUT2D eigenvalue weighted by atomic mass is 16.5. The van der Waals surface area contributed by atoms with E-state index in [1.807, 2.05) is 44.4 Å². The molecule has 2 aromatic carbocycles. The van der Waals surface area contributed by atoms with E-state index in [4.69, 9.17) is 4.74 Å². The van der Waals surface area contributed by atoms with Crippen LogP contribution in [0.4, 0.5) is 10.5 Å². The number of ether oxygens (including phenoxy) is 1. The van der Waals surface area contributed by atoms with Crippen molar-refractivity contribution in [2.45, 2.75) is 13.1 Å². The van der Waals surface area contributed by atoms with Gasteiger partial charge in [-0.15, -0.1) is 0 Å². The molecule has 2 N–H and O–H groups in total. The van der Waals surface area contributed by atoms with Gasteiger partial charge in [0.1, 0.15) is 5.75 Å². The number of anilines is 1. The summed E-state index contributed by atoms with van der Waals surface area (Å²) < 4.78 is 5.09. The number of urea groups is 1. The molecule has 0 aliphatic heterocycles. The second kappa shape index (κ2) is 8.19. The fourth-order valence-electron chi connectivity index (χ4n) is 2.25. The van der Waals surface area contributed by atoms with Crippen molar-refractivity contribution < 1.29 is 9.53 Å². The molecule has 0 fully saturated rings. The first-order valence-electron chi connectivity index (χ1n) is 7.49. The first-order chi connectivity index (χ1) is 11.1. The molecule has 0 heterocycles. The predicted molar refractivity (Wildman–Crippen MR) is 92.7 cm³/mol. The minimum Gasteiger partial charge on any atom is -0.497 e. The van der Waals surface area contributed by atoms with Crippen LogP contribution in [0.25, 0.3) is 0 Å². The van der Waals surface area contributed by atoms with Gasteiger partial charge in [-0.3, -0.25) is 0 Å². The van der Waals surface area contributed by atoms with Crippen molar-refractivity contribution in [3.63, 3.8) is 0 Å². The minimum absolute atomic E-state index is 0.227. The number of nitrogens with zero attached hydrogens (tertiary/aromatic N) is 1. The van der Waals surface area contributed by atoms with Gasteiger partial charge in [-0.1, -0.05) is 24.3 Å². The van der Waals surface area contributed by atoms with Crippen molar-refractivity contribution in [1.82, 2.24) is 10.2 Å². The van der Waals surface area contributed by atoms with Gasteiger partial charge in [-0.25, -0.2) is 4.79 Å². The molecule has 23 heavy (non-hydrogen) atoms. The molecule has 0 atom stereocenters. The highest BCUT2D eigenvalue weighted by Gasteiger charge is 2.06. The maximum atomic E-state index is 12.0. The number of methoxy groups -OCH3 is 1. The van der Waals surface area contributed by atoms with Crippen LogP contribution in [-0.4, -0.2) is 32.1 Å². The molecule has 0 saturated carbocycles. The van der Waals surface area contributed by atoms with Crippen LogP contribution >= 0.6 is 0 Å². The van der Waals surface area contributed by atoms with Gasteiger partial charge in [0.25, 0.3) is 0 Å². The Labute approximate surface area is 137 Å². The first kappa shape index (κ1) is 16.8. The Morgan fingerprint density at radius 1 is 1.04 bits per heavy atom. The second-order valence-corrected chi connectivity index (χ2v) is 5.54. The molecule has 0 bridgehead atoms. The molecule has 2 rings (SSSR count). The monoisotopic (exact) mass is 313 g/mol. The zero-order valence-electron chi connectivity index (χ0n) is 13.8. The fourth-order valence-corrected chi connectivity index (χ4v) is 2.25. The van der Waals surface area contributed by atoms with Gasteiger partial charge in [0.05, 0.1) is 7.11 Å². The third-order valence-corrected chi connectivity index (χ3v) is 3.39. The Kier molecular flexibility index (Phi) is 6.00. The van der Waals surface area contributed by atoms with Crippen LogP contribution in [0.2, 0.25) is 0 Å². The summed E-state index contributed by atoms with van der Waals surface area (Å²) in [6.07, 6.45) is 0. The smallest absolute Gasteiger partial charge is 0.319 e. The highest BCUT2D eigenvalue weighted by Crippen LogP contribution is 2.15. The number of carbonyl (C=O) groups excluding carboxylic acids is 1. The zero-order valence-corrected chi connectivity index (χ0v) is 13.8. The van der Waals surface area contributed by atoms with E-state index in [-0.39, 0.29) is 6.03 Å². The molecule has 2 amide bonds. The van der Waals surface area contributed by atoms with Gasteiger partial charge >= 0.3 is 6.03 Å². The van der Waals surface area contributed by atoms with Gasteiger partial charge in [0.15, 0.2) is 0 Å². The Morgan fingerprint density at radius 3 is 2.30 bits per heavy atom. The number of hydrogen-bond donors (Lipinski definition) is 2. The largest absolute Gasteiger partial charge is 0.497 e. The van der Waals surface area contributed by atoms with Crippen molar-refractivity contribution in [3.05, 3.63) is 59.7 Å². The summed E-state index contributed by atoms with van der Waals surface area (Å²) >= 11 is 0. The van der Waals surface area contributed by atoms with Crippen LogP contribution in [0.15, 0.2) is 48.5 Å². The van der Waals surface area contributed by atoms with Crippen molar-refractivity contribution in [1.29, 1.82) is 0 Å². The third kappa shape index (κ3) is 5.30. The summed E-state index contributed by atoms with van der Waals surface area (Å²) in [5, 5.41) is 5.70. The van der Waals surface area contributed by atoms with E-state index < -0.39 is 0 Å². The summed E-state index contributed by atoms with van der Waals surface area (Å²) in [6, 6.07) is 15.1. The number of amides is 2. The van der Waals surface area contributed by atoms with Gasteiger partial charge in [-0.05, 0) is 49.5 Å². The lowest BCUT2D eigenvalue weighted by Gasteiger charge is -2.15. The average Bonchev–Trinajstić information content (AvgIpc) is 2.54. The minimum atomic E-state index is -0.227. The first-order valence-corrected chi connectivity index (χ1v) is 7.49. The van der Waals surface area contributed by atoms with Crippen LogP contribution < -0.4 is 15.4 Å². The van der Waals surface area contributed by atoms with Crippen LogP contribution in [0.1, 0.15) is 11.1 Å². The molecule has 122 valence electrons. The summed E-state index contributed by atoms with van der Waals surface area (Å²) in [5.74, 6) is 0.758. The molecule has 0 radical (unpaired) electrons. The fraction of sp³-hybridized carbons (Fsp3) is 0.278. The lowest BCUT2D eigenvalue weighted by atomic mass is 10.1. The quantitative estimate of drug-likeness (QED) is 0.862. The number of benzene rings is 2. The molecule has 0 unspecified atom stereocenters. The van der Waals surface area contributed by atoms with Gasteiger partial charge in [0, 0.05) is 18.8 Å². The second-order valence-electron chi connectivity index (χ2n) is 5.54. The Balaban J connectivity index is 1.91. The lowest BCUT2D eigenvalue weighted by molar-refractivity contribution is 0.251. The lowest BCUT2D eigenvalue weighted by Crippen LogP contribution is -2.28. The molecular weight excluding hydrogens is 290 g/mol. The maximum absolute atomic E-state index is 12.0. The van der Waals surface area contributed by atoms with Crippen molar-refractivity contribution >= 4 is 11.7 Å². The van der Waals surface area contributed by atoms with E-state index in [2.05, 4.69) is 21.6 Å². The Bertz CT molecular complexity index is 639. The zero-order chi connectivity index (χ0) is 16.7. The molecule has 0 aliphatic rings. The number of carbonyl (C=O) groups is 1. The number of rotatable bonds is 6. The van der Waals surface area contributed by atoms with E-state index in [9.17, 15) is 4.79 Å². The van der Waals surface area contributed by atoms with E-state index in [0.717, 1.165) is 23.5 Å². The van der Waals surface area contributed by atoms with E-state index in [1.54, 1.807) is 19.2 Å². The van der Waals surface area contributed by atoms with Crippen LogP contribution in [-0.2, 0) is 13.1 Å². The average molecular weight is 313 g/mol. The van der Waals surface area contributed by atoms with Crippen molar-refractivity contribution in [2.24, 2.45) is 0 Å². The standard InChI is InChI=1S/C18H23N3O2/c1-21(2)13-15-7-5-4-6-14(15)12-19-18(22)20-16-8-10-17(23-3)11-9-16/h4-11H,12-13H2,1-3H3,(H2,19,20,22). The predicted octanol–water partition coefficient (Wildman–Crippen LogP) is 3.08. The molecule has 0 spiro atoms. The normalized spacial score (nSPS) is 10.4. The summed E-state index contributed by atoms with van der Waals surface area (Å²) in [5.41, 5.74) is 3.05. The highest BCUT2D eigenvalue weighted by molar-refractivity contribution is 5.89. The topological polar surface area (TPSA) is 53.6 Å². The third-order valence-electron chi connectivity index (χ3n) is 3.39. The van der Waals surface area contributed by atoms with E-state index in [1.165, 1.54) is 5.56 Å². The van der Waals surface area contributed by atoms with Crippen molar-refractivity contribution in [2.75, 3.05) is 26.5 Å². The number of hydrogen-bond acceptors (Lipinski definition) is 3. The summed E-state index contributed by atoms with van der Waals surface area (Å²) in [7, 11) is 5.67. The van der Waals surface area contributed by atoms with Gasteiger partial charge < -0.3 is 20.3 Å². The number of nitrogens with one attached hydrogen (secondary N) is 2. The van der Waals surface area contributed by atoms with Crippen LogP contribution in [0.5, 0.6) is 5.75 Å². The summed E-state index contributed by atoms with van der Waals surface area (Å²) in [6.45, 7) is 1.34. The van der Waals surface area contributed by atoms with Gasteiger partial charge in [0.2, 0.25) is 0 Å². The van der Waals surface area contributed by atoms with E-state index >= 15 is 0 Å². The SMILES string of the molecule is COc1ccc(NC(=O)NCc2ccccc2CN(C)C)cc1. The van der Waals surface area contributed by atoms with Crippen LogP contribution in [0.3, 0.4) is 0 Å². The Morgan fingerprint density at radius 2 is 1.70 bits per heavy atom. The van der Waals surface area contributed by atoms with Crippen molar-refractivity contribution in [3.8, 4) is 5.75 Å². The molecule has 0 aliphatic carbocycles. The molecule has 0 aromatic heterocycles. The van der Waals surface area contributed by atoms with Crippen LogP contribution in [0, 0.1) is 0 Å².